The Morgan fingerprint density at radius 1 is 1.47 bits per heavy atom. The van der Waals surface area contributed by atoms with Crippen LogP contribution in [0.4, 0.5) is 0 Å². The Balaban J connectivity index is 2.28. The van der Waals surface area contributed by atoms with Crippen molar-refractivity contribution in [2.24, 2.45) is 0 Å². The first-order chi connectivity index (χ1) is 8.11. The molecule has 1 heterocycles. The predicted molar refractivity (Wildman–Crippen MR) is 68.8 cm³/mol. The SMILES string of the molecule is C=C(C)COCCNC(C)c1nccnc1C. The van der Waals surface area contributed by atoms with Crippen molar-refractivity contribution in [3.8, 4) is 0 Å². The molecule has 1 aromatic rings. The number of rotatable bonds is 7. The van der Waals surface area contributed by atoms with E-state index in [9.17, 15) is 0 Å². The van der Waals surface area contributed by atoms with Crippen molar-refractivity contribution in [3.05, 3.63) is 35.9 Å². The molecule has 0 radical (unpaired) electrons. The third-order valence-electron chi connectivity index (χ3n) is 2.37. The fourth-order valence-corrected chi connectivity index (χ4v) is 1.53. The standard InChI is InChI=1S/C13H21N3O/c1-10(2)9-17-8-7-15-12(4)13-11(3)14-5-6-16-13/h5-6,12,15H,1,7-9H2,2-4H3. The van der Waals surface area contributed by atoms with Crippen LogP contribution in [0.5, 0.6) is 0 Å². The molecule has 1 atom stereocenters. The van der Waals surface area contributed by atoms with Gasteiger partial charge < -0.3 is 10.1 Å². The lowest BCUT2D eigenvalue weighted by atomic mass is 10.2. The first-order valence-electron chi connectivity index (χ1n) is 5.84. The van der Waals surface area contributed by atoms with Crippen molar-refractivity contribution in [1.82, 2.24) is 15.3 Å². The van der Waals surface area contributed by atoms with Gasteiger partial charge in [0.15, 0.2) is 0 Å². The fraction of sp³-hybridized carbons (Fsp3) is 0.538. The number of aryl methyl sites for hydroxylation is 1. The Kier molecular flexibility index (Phi) is 5.80. The molecule has 0 saturated carbocycles. The third-order valence-corrected chi connectivity index (χ3v) is 2.37. The third kappa shape index (κ3) is 5.06. The van der Waals surface area contributed by atoms with Crippen molar-refractivity contribution < 1.29 is 4.74 Å². The second kappa shape index (κ2) is 7.14. The Hall–Kier alpha value is -1.26. The lowest BCUT2D eigenvalue weighted by molar-refractivity contribution is 0.155. The van der Waals surface area contributed by atoms with E-state index in [-0.39, 0.29) is 6.04 Å². The summed E-state index contributed by atoms with van der Waals surface area (Å²) in [5.41, 5.74) is 3.01. The van der Waals surface area contributed by atoms with Crippen molar-refractivity contribution in [3.63, 3.8) is 0 Å². The summed E-state index contributed by atoms with van der Waals surface area (Å²) in [7, 11) is 0. The molecule has 1 N–H and O–H groups in total. The summed E-state index contributed by atoms with van der Waals surface area (Å²) in [5, 5.41) is 3.36. The highest BCUT2D eigenvalue weighted by Crippen LogP contribution is 2.10. The van der Waals surface area contributed by atoms with Crippen LogP contribution in [-0.2, 0) is 4.74 Å². The zero-order valence-electron chi connectivity index (χ0n) is 10.9. The fourth-order valence-electron chi connectivity index (χ4n) is 1.53. The molecule has 1 rings (SSSR count). The minimum atomic E-state index is 0.192. The van der Waals surface area contributed by atoms with Gasteiger partial charge in [0.25, 0.3) is 0 Å². The summed E-state index contributed by atoms with van der Waals surface area (Å²) in [6.07, 6.45) is 3.43. The number of hydrogen-bond donors (Lipinski definition) is 1. The number of aromatic nitrogens is 2. The molecule has 1 unspecified atom stereocenters. The van der Waals surface area contributed by atoms with Gasteiger partial charge in [0.1, 0.15) is 0 Å². The quantitative estimate of drug-likeness (QED) is 0.580. The van der Waals surface area contributed by atoms with Crippen LogP contribution in [0.3, 0.4) is 0 Å². The number of hydrogen-bond acceptors (Lipinski definition) is 4. The molecule has 4 heteroatoms. The molecule has 0 saturated heterocycles. The van der Waals surface area contributed by atoms with E-state index in [4.69, 9.17) is 4.74 Å². The van der Waals surface area contributed by atoms with Gasteiger partial charge in [-0.15, -0.1) is 0 Å². The van der Waals surface area contributed by atoms with Crippen LogP contribution in [0.2, 0.25) is 0 Å². The van der Waals surface area contributed by atoms with Crippen LogP contribution in [0, 0.1) is 6.92 Å². The van der Waals surface area contributed by atoms with E-state index in [2.05, 4.69) is 28.8 Å². The van der Waals surface area contributed by atoms with E-state index in [0.717, 1.165) is 23.5 Å². The van der Waals surface area contributed by atoms with Crippen LogP contribution in [0.1, 0.15) is 31.3 Å². The highest BCUT2D eigenvalue weighted by atomic mass is 16.5. The normalized spacial score (nSPS) is 12.4. The average molecular weight is 235 g/mol. The van der Waals surface area contributed by atoms with Gasteiger partial charge in [-0.05, 0) is 20.8 Å². The van der Waals surface area contributed by atoms with Crippen molar-refractivity contribution in [2.45, 2.75) is 26.8 Å². The summed E-state index contributed by atoms with van der Waals surface area (Å²) < 4.78 is 5.41. The number of ether oxygens (including phenoxy) is 1. The molecule has 4 nitrogen and oxygen atoms in total. The van der Waals surface area contributed by atoms with E-state index in [1.807, 2.05) is 13.8 Å². The Morgan fingerprint density at radius 2 is 2.18 bits per heavy atom. The van der Waals surface area contributed by atoms with Gasteiger partial charge >= 0.3 is 0 Å². The Bertz CT molecular complexity index is 365. The van der Waals surface area contributed by atoms with Crippen molar-refractivity contribution in [1.29, 1.82) is 0 Å². The molecular weight excluding hydrogens is 214 g/mol. The Morgan fingerprint density at radius 3 is 2.82 bits per heavy atom. The summed E-state index contributed by atoms with van der Waals surface area (Å²) in [4.78, 5) is 8.55. The minimum absolute atomic E-state index is 0.192. The van der Waals surface area contributed by atoms with Gasteiger partial charge in [0, 0.05) is 25.0 Å². The molecular formula is C13H21N3O. The summed E-state index contributed by atoms with van der Waals surface area (Å²) in [5.74, 6) is 0. The maximum atomic E-state index is 5.41. The van der Waals surface area contributed by atoms with Crippen LogP contribution < -0.4 is 5.32 Å². The highest BCUT2D eigenvalue weighted by Gasteiger charge is 2.08. The van der Waals surface area contributed by atoms with Gasteiger partial charge in [-0.2, -0.15) is 0 Å². The molecule has 0 aliphatic rings. The molecule has 0 aliphatic carbocycles. The first-order valence-corrected chi connectivity index (χ1v) is 5.84. The molecule has 0 bridgehead atoms. The molecule has 1 aromatic heterocycles. The second-order valence-corrected chi connectivity index (χ2v) is 4.21. The van der Waals surface area contributed by atoms with Crippen molar-refractivity contribution in [2.75, 3.05) is 19.8 Å². The minimum Gasteiger partial charge on any atom is -0.376 e. The lowest BCUT2D eigenvalue weighted by Crippen LogP contribution is -2.25. The van der Waals surface area contributed by atoms with Crippen LogP contribution in [0.15, 0.2) is 24.5 Å². The molecule has 94 valence electrons. The van der Waals surface area contributed by atoms with Gasteiger partial charge in [0.05, 0.1) is 24.6 Å². The number of nitrogens with zero attached hydrogens (tertiary/aromatic N) is 2. The van der Waals surface area contributed by atoms with E-state index in [1.54, 1.807) is 12.4 Å². The zero-order chi connectivity index (χ0) is 12.7. The predicted octanol–water partition coefficient (Wildman–Crippen LogP) is 2.03. The highest BCUT2D eigenvalue weighted by molar-refractivity contribution is 5.12. The topological polar surface area (TPSA) is 47.0 Å². The van der Waals surface area contributed by atoms with Crippen LogP contribution in [0.25, 0.3) is 0 Å². The lowest BCUT2D eigenvalue weighted by Gasteiger charge is -2.14. The first kappa shape index (κ1) is 13.8. The molecule has 0 amide bonds. The summed E-state index contributed by atoms with van der Waals surface area (Å²) in [6.45, 7) is 11.9. The van der Waals surface area contributed by atoms with E-state index < -0.39 is 0 Å². The molecule has 0 spiro atoms. The van der Waals surface area contributed by atoms with E-state index in [0.29, 0.717) is 13.2 Å². The average Bonchev–Trinajstić information content (AvgIpc) is 2.28. The van der Waals surface area contributed by atoms with Gasteiger partial charge in [-0.1, -0.05) is 12.2 Å². The monoisotopic (exact) mass is 235 g/mol. The van der Waals surface area contributed by atoms with Gasteiger partial charge in [-0.25, -0.2) is 0 Å². The van der Waals surface area contributed by atoms with Gasteiger partial charge in [-0.3, -0.25) is 9.97 Å². The summed E-state index contributed by atoms with van der Waals surface area (Å²) in [6, 6.07) is 0.192. The second-order valence-electron chi connectivity index (χ2n) is 4.21. The van der Waals surface area contributed by atoms with Crippen LogP contribution in [-0.4, -0.2) is 29.7 Å². The van der Waals surface area contributed by atoms with E-state index in [1.165, 1.54) is 0 Å². The maximum absolute atomic E-state index is 5.41. The van der Waals surface area contributed by atoms with Gasteiger partial charge in [0.2, 0.25) is 0 Å². The zero-order valence-corrected chi connectivity index (χ0v) is 10.9. The van der Waals surface area contributed by atoms with Crippen LogP contribution >= 0.6 is 0 Å². The van der Waals surface area contributed by atoms with Crippen molar-refractivity contribution >= 4 is 0 Å². The smallest absolute Gasteiger partial charge is 0.0782 e. The maximum Gasteiger partial charge on any atom is 0.0782 e. The molecule has 17 heavy (non-hydrogen) atoms. The molecule has 0 aromatic carbocycles. The van der Waals surface area contributed by atoms with E-state index >= 15 is 0 Å². The molecule has 0 fully saturated rings. The number of nitrogens with one attached hydrogen (secondary N) is 1. The Labute approximate surface area is 103 Å². The summed E-state index contributed by atoms with van der Waals surface area (Å²) >= 11 is 0. The molecule has 0 aliphatic heterocycles. The largest absolute Gasteiger partial charge is 0.376 e.